The molecule has 1 fully saturated rings. The average molecular weight is 296 g/mol. The number of ether oxygens (including phenoxy) is 1. The van der Waals surface area contributed by atoms with E-state index in [4.69, 9.17) is 4.74 Å². The molecule has 0 saturated carbocycles. The lowest BCUT2D eigenvalue weighted by molar-refractivity contribution is -0.144. The van der Waals surface area contributed by atoms with Crippen LogP contribution in [0.3, 0.4) is 0 Å². The second-order valence-corrected chi connectivity index (χ2v) is 6.71. The number of nitrogens with zero attached hydrogens (tertiary/aromatic N) is 1. The Balaban J connectivity index is 2.42. The molecule has 1 saturated heterocycles. The van der Waals surface area contributed by atoms with Gasteiger partial charge in [0.05, 0.1) is 13.2 Å². The van der Waals surface area contributed by atoms with Crippen LogP contribution in [0.1, 0.15) is 40.5 Å². The Hall–Kier alpha value is -1.36. The second kappa shape index (κ2) is 7.59. The largest absolute Gasteiger partial charge is 0.375 e. The van der Waals surface area contributed by atoms with Crippen LogP contribution in [-0.4, -0.2) is 49.1 Å². The maximum atomic E-state index is 12.3. The van der Waals surface area contributed by atoms with Crippen LogP contribution in [0.25, 0.3) is 0 Å². The van der Waals surface area contributed by atoms with Gasteiger partial charge in [0.1, 0.15) is 6.04 Å². The van der Waals surface area contributed by atoms with Gasteiger partial charge in [-0.15, -0.1) is 0 Å². The van der Waals surface area contributed by atoms with E-state index >= 15 is 0 Å². The zero-order valence-corrected chi connectivity index (χ0v) is 13.7. The summed E-state index contributed by atoms with van der Waals surface area (Å²) in [6, 6.07) is -0.335. The molecule has 0 aromatic heterocycles. The molecule has 2 amide bonds. The van der Waals surface area contributed by atoms with Crippen molar-refractivity contribution in [1.82, 2.24) is 10.2 Å². The van der Waals surface area contributed by atoms with E-state index in [-0.39, 0.29) is 17.9 Å². The first-order chi connectivity index (χ1) is 9.73. The first-order valence-electron chi connectivity index (χ1n) is 7.54. The third kappa shape index (κ3) is 5.50. The molecule has 0 spiro atoms. The molecular formula is C16H28N2O3. The zero-order chi connectivity index (χ0) is 16.0. The molecule has 1 N–H and O–H groups in total. The van der Waals surface area contributed by atoms with E-state index < -0.39 is 5.41 Å². The Labute approximate surface area is 127 Å². The third-order valence-electron chi connectivity index (χ3n) is 3.35. The van der Waals surface area contributed by atoms with Gasteiger partial charge in [0.2, 0.25) is 11.8 Å². The summed E-state index contributed by atoms with van der Waals surface area (Å²) in [6.45, 7) is 13.4. The van der Waals surface area contributed by atoms with Crippen molar-refractivity contribution in [3.8, 4) is 0 Å². The second-order valence-electron chi connectivity index (χ2n) is 6.71. The summed E-state index contributed by atoms with van der Waals surface area (Å²) in [5.41, 5.74) is 0.507. The van der Waals surface area contributed by atoms with E-state index in [0.717, 1.165) is 18.4 Å². The Morgan fingerprint density at radius 2 is 2.05 bits per heavy atom. The van der Waals surface area contributed by atoms with Crippen molar-refractivity contribution in [2.24, 2.45) is 5.41 Å². The van der Waals surface area contributed by atoms with Gasteiger partial charge in [0.15, 0.2) is 0 Å². The molecule has 1 rings (SSSR count). The van der Waals surface area contributed by atoms with Crippen LogP contribution in [0.4, 0.5) is 0 Å². The van der Waals surface area contributed by atoms with Crippen molar-refractivity contribution in [1.29, 1.82) is 0 Å². The smallest absolute Gasteiger partial charge is 0.242 e. The highest BCUT2D eigenvalue weighted by Gasteiger charge is 2.38. The van der Waals surface area contributed by atoms with E-state index in [0.29, 0.717) is 26.3 Å². The first-order valence-corrected chi connectivity index (χ1v) is 7.54. The van der Waals surface area contributed by atoms with Crippen LogP contribution in [0.15, 0.2) is 12.2 Å². The third-order valence-corrected chi connectivity index (χ3v) is 3.35. The Kier molecular flexibility index (Phi) is 6.40. The molecule has 1 atom stereocenters. The molecule has 0 radical (unpaired) electrons. The SMILES string of the molecule is C=C(C)COCCNC(=O)C1CCCN1C(=O)C(C)(C)C. The van der Waals surface area contributed by atoms with Crippen LogP contribution >= 0.6 is 0 Å². The summed E-state index contributed by atoms with van der Waals surface area (Å²) >= 11 is 0. The summed E-state index contributed by atoms with van der Waals surface area (Å²) in [5.74, 6) is -0.0392. The molecule has 0 aliphatic carbocycles. The summed E-state index contributed by atoms with van der Waals surface area (Å²) in [7, 11) is 0. The molecule has 1 aliphatic heterocycles. The molecule has 5 nitrogen and oxygen atoms in total. The fourth-order valence-corrected chi connectivity index (χ4v) is 2.32. The number of carbonyl (C=O) groups excluding carboxylic acids is 2. The maximum absolute atomic E-state index is 12.3. The molecule has 1 heterocycles. The van der Waals surface area contributed by atoms with Gasteiger partial charge in [-0.05, 0) is 19.8 Å². The highest BCUT2D eigenvalue weighted by molar-refractivity contribution is 5.90. The van der Waals surface area contributed by atoms with Crippen molar-refractivity contribution >= 4 is 11.8 Å². The average Bonchev–Trinajstić information content (AvgIpc) is 2.84. The molecular weight excluding hydrogens is 268 g/mol. The summed E-state index contributed by atoms with van der Waals surface area (Å²) in [6.07, 6.45) is 1.62. The molecule has 0 bridgehead atoms. The minimum Gasteiger partial charge on any atom is -0.375 e. The number of likely N-dealkylation sites (tertiary alicyclic amines) is 1. The lowest BCUT2D eigenvalue weighted by Gasteiger charge is -2.30. The van der Waals surface area contributed by atoms with Crippen LogP contribution in [-0.2, 0) is 14.3 Å². The lowest BCUT2D eigenvalue weighted by Crippen LogP contribution is -2.49. The fraction of sp³-hybridized carbons (Fsp3) is 0.750. The van der Waals surface area contributed by atoms with Gasteiger partial charge in [-0.25, -0.2) is 0 Å². The van der Waals surface area contributed by atoms with Crippen LogP contribution in [0.2, 0.25) is 0 Å². The minimum atomic E-state index is -0.451. The molecule has 1 unspecified atom stereocenters. The van der Waals surface area contributed by atoms with E-state index in [2.05, 4.69) is 11.9 Å². The highest BCUT2D eigenvalue weighted by atomic mass is 16.5. The zero-order valence-electron chi connectivity index (χ0n) is 13.7. The van der Waals surface area contributed by atoms with Crippen molar-refractivity contribution in [2.75, 3.05) is 26.3 Å². The number of carbonyl (C=O) groups is 2. The molecule has 0 aromatic rings. The number of amides is 2. The van der Waals surface area contributed by atoms with Crippen LogP contribution < -0.4 is 5.32 Å². The van der Waals surface area contributed by atoms with Gasteiger partial charge >= 0.3 is 0 Å². The molecule has 120 valence electrons. The van der Waals surface area contributed by atoms with Gasteiger partial charge in [-0.1, -0.05) is 32.9 Å². The molecule has 0 aromatic carbocycles. The molecule has 21 heavy (non-hydrogen) atoms. The van der Waals surface area contributed by atoms with E-state index in [1.807, 2.05) is 27.7 Å². The number of hydrogen-bond donors (Lipinski definition) is 1. The summed E-state index contributed by atoms with van der Waals surface area (Å²) < 4.78 is 5.34. The highest BCUT2D eigenvalue weighted by Crippen LogP contribution is 2.25. The number of nitrogens with one attached hydrogen (secondary N) is 1. The number of hydrogen-bond acceptors (Lipinski definition) is 3. The topological polar surface area (TPSA) is 58.6 Å². The molecule has 1 aliphatic rings. The van der Waals surface area contributed by atoms with Crippen molar-refractivity contribution in [3.63, 3.8) is 0 Å². The Bertz CT molecular complexity index is 399. The standard InChI is InChI=1S/C16H28N2O3/c1-12(2)11-21-10-8-17-14(19)13-7-6-9-18(13)15(20)16(3,4)5/h13H,1,6-11H2,2-5H3,(H,17,19). The minimum absolute atomic E-state index is 0.0404. The van der Waals surface area contributed by atoms with Gasteiger partial charge in [0, 0.05) is 18.5 Å². The van der Waals surface area contributed by atoms with Gasteiger partial charge < -0.3 is 15.0 Å². The summed E-state index contributed by atoms with van der Waals surface area (Å²) in [4.78, 5) is 26.3. The van der Waals surface area contributed by atoms with E-state index in [9.17, 15) is 9.59 Å². The Morgan fingerprint density at radius 1 is 1.38 bits per heavy atom. The predicted molar refractivity (Wildman–Crippen MR) is 82.8 cm³/mol. The van der Waals surface area contributed by atoms with Crippen molar-refractivity contribution in [3.05, 3.63) is 12.2 Å². The van der Waals surface area contributed by atoms with Gasteiger partial charge in [0.25, 0.3) is 0 Å². The predicted octanol–water partition coefficient (Wildman–Crippen LogP) is 1.73. The van der Waals surface area contributed by atoms with Gasteiger partial charge in [-0.3, -0.25) is 9.59 Å². The monoisotopic (exact) mass is 296 g/mol. The first kappa shape index (κ1) is 17.7. The van der Waals surface area contributed by atoms with Crippen molar-refractivity contribution in [2.45, 2.75) is 46.6 Å². The van der Waals surface area contributed by atoms with E-state index in [1.165, 1.54) is 0 Å². The number of rotatable bonds is 6. The lowest BCUT2D eigenvalue weighted by atomic mass is 9.94. The van der Waals surface area contributed by atoms with E-state index in [1.54, 1.807) is 4.90 Å². The Morgan fingerprint density at radius 3 is 2.62 bits per heavy atom. The quantitative estimate of drug-likeness (QED) is 0.600. The summed E-state index contributed by atoms with van der Waals surface area (Å²) in [5, 5.41) is 2.85. The van der Waals surface area contributed by atoms with Crippen LogP contribution in [0.5, 0.6) is 0 Å². The molecule has 5 heteroatoms. The normalized spacial score (nSPS) is 18.7. The maximum Gasteiger partial charge on any atom is 0.242 e. The van der Waals surface area contributed by atoms with Crippen LogP contribution in [0, 0.1) is 5.41 Å². The van der Waals surface area contributed by atoms with Gasteiger partial charge in [-0.2, -0.15) is 0 Å². The fourth-order valence-electron chi connectivity index (χ4n) is 2.32. The van der Waals surface area contributed by atoms with Crippen molar-refractivity contribution < 1.29 is 14.3 Å².